The second kappa shape index (κ2) is 5.88. The summed E-state index contributed by atoms with van der Waals surface area (Å²) in [6, 6.07) is 3.78. The van der Waals surface area contributed by atoms with Crippen LogP contribution in [0.3, 0.4) is 0 Å². The van der Waals surface area contributed by atoms with Crippen molar-refractivity contribution in [3.8, 4) is 5.75 Å². The molecule has 1 fully saturated rings. The predicted molar refractivity (Wildman–Crippen MR) is 74.0 cm³/mol. The summed E-state index contributed by atoms with van der Waals surface area (Å²) in [6.45, 7) is 3.28. The van der Waals surface area contributed by atoms with Crippen molar-refractivity contribution in [2.45, 2.75) is 19.9 Å². The van der Waals surface area contributed by atoms with Crippen LogP contribution < -0.4 is 10.1 Å². The molecule has 0 aliphatic carbocycles. The van der Waals surface area contributed by atoms with Crippen molar-refractivity contribution >= 4 is 9.84 Å². The van der Waals surface area contributed by atoms with Gasteiger partial charge < -0.3 is 10.1 Å². The van der Waals surface area contributed by atoms with E-state index in [0.717, 1.165) is 30.1 Å². The molecule has 0 aromatic carbocycles. The number of ether oxygens (including phenoxy) is 1. The highest BCUT2D eigenvalue weighted by atomic mass is 32.2. The molecule has 1 saturated heterocycles. The first-order valence-corrected chi connectivity index (χ1v) is 8.23. The number of methoxy groups -OCH3 is 1. The van der Waals surface area contributed by atoms with Crippen molar-refractivity contribution in [2.75, 3.05) is 25.2 Å². The zero-order chi connectivity index (χ0) is 13.9. The lowest BCUT2D eigenvalue weighted by molar-refractivity contribution is 0.412. The monoisotopic (exact) mass is 284 g/mol. The number of rotatable bonds is 5. The first-order chi connectivity index (χ1) is 8.98. The molecule has 0 radical (unpaired) electrons. The maximum atomic E-state index is 11.3. The van der Waals surface area contributed by atoms with Crippen LogP contribution in [-0.4, -0.2) is 38.6 Å². The molecule has 2 heterocycles. The van der Waals surface area contributed by atoms with E-state index in [1.165, 1.54) is 0 Å². The number of aryl methyl sites for hydroxylation is 1. The van der Waals surface area contributed by atoms with Crippen LogP contribution in [0.15, 0.2) is 12.1 Å². The molecule has 0 saturated carbocycles. The van der Waals surface area contributed by atoms with Gasteiger partial charge >= 0.3 is 0 Å². The lowest BCUT2D eigenvalue weighted by Crippen LogP contribution is -2.23. The minimum absolute atomic E-state index is 0.233. The van der Waals surface area contributed by atoms with Crippen molar-refractivity contribution in [1.29, 1.82) is 0 Å². The number of pyridine rings is 1. The van der Waals surface area contributed by atoms with E-state index in [0.29, 0.717) is 18.1 Å². The van der Waals surface area contributed by atoms with Crippen molar-refractivity contribution < 1.29 is 13.2 Å². The fourth-order valence-corrected chi connectivity index (χ4v) is 4.21. The Morgan fingerprint density at radius 2 is 2.26 bits per heavy atom. The molecule has 1 aliphatic heterocycles. The Labute approximate surface area is 114 Å². The van der Waals surface area contributed by atoms with Crippen LogP contribution in [0, 0.1) is 12.8 Å². The molecule has 19 heavy (non-hydrogen) atoms. The molecule has 0 amide bonds. The SMILES string of the molecule is COc1cc(C)nc(CNCC2CCS(=O)(=O)C2)c1. The molecule has 0 spiro atoms. The summed E-state index contributed by atoms with van der Waals surface area (Å²) >= 11 is 0. The zero-order valence-corrected chi connectivity index (χ0v) is 12.2. The third-order valence-corrected chi connectivity index (χ3v) is 5.12. The maximum absolute atomic E-state index is 11.3. The number of hydrogen-bond donors (Lipinski definition) is 1. The topological polar surface area (TPSA) is 68.3 Å². The summed E-state index contributed by atoms with van der Waals surface area (Å²) < 4.78 is 27.9. The highest BCUT2D eigenvalue weighted by Crippen LogP contribution is 2.18. The molecule has 6 heteroatoms. The highest BCUT2D eigenvalue weighted by molar-refractivity contribution is 7.91. The molecule has 1 atom stereocenters. The molecule has 1 aromatic rings. The zero-order valence-electron chi connectivity index (χ0n) is 11.3. The second-order valence-electron chi connectivity index (χ2n) is 5.04. The van der Waals surface area contributed by atoms with Gasteiger partial charge in [-0.1, -0.05) is 0 Å². The van der Waals surface area contributed by atoms with Gasteiger partial charge in [0.2, 0.25) is 0 Å². The van der Waals surface area contributed by atoms with Crippen molar-refractivity contribution in [2.24, 2.45) is 5.92 Å². The molecule has 106 valence electrons. The predicted octanol–water partition coefficient (Wildman–Crippen LogP) is 0.923. The van der Waals surface area contributed by atoms with Gasteiger partial charge in [0, 0.05) is 24.4 Å². The Hall–Kier alpha value is -1.14. The first kappa shape index (κ1) is 14.3. The highest BCUT2D eigenvalue weighted by Gasteiger charge is 2.27. The Bertz CT molecular complexity index is 543. The van der Waals surface area contributed by atoms with Crippen LogP contribution in [0.25, 0.3) is 0 Å². The Kier molecular flexibility index (Phi) is 4.42. The number of nitrogens with one attached hydrogen (secondary N) is 1. The smallest absolute Gasteiger partial charge is 0.150 e. The standard InChI is InChI=1S/C13H20N2O3S/c1-10-5-13(18-2)6-12(15-10)8-14-7-11-3-4-19(16,17)9-11/h5-6,11,14H,3-4,7-9H2,1-2H3. The van der Waals surface area contributed by atoms with Gasteiger partial charge in [0.25, 0.3) is 0 Å². The molecule has 5 nitrogen and oxygen atoms in total. The Morgan fingerprint density at radius 1 is 1.47 bits per heavy atom. The molecular weight excluding hydrogens is 264 g/mol. The van der Waals surface area contributed by atoms with E-state index in [1.807, 2.05) is 19.1 Å². The summed E-state index contributed by atoms with van der Waals surface area (Å²) in [5, 5.41) is 3.28. The van der Waals surface area contributed by atoms with Crippen molar-refractivity contribution in [3.63, 3.8) is 0 Å². The van der Waals surface area contributed by atoms with Gasteiger partial charge in [0.15, 0.2) is 9.84 Å². The Balaban J connectivity index is 1.84. The normalized spacial score (nSPS) is 21.5. The minimum Gasteiger partial charge on any atom is -0.497 e. The van der Waals surface area contributed by atoms with Gasteiger partial charge in [-0.15, -0.1) is 0 Å². The third kappa shape index (κ3) is 4.18. The summed E-state index contributed by atoms with van der Waals surface area (Å²) in [7, 11) is -1.15. The van der Waals surface area contributed by atoms with Crippen molar-refractivity contribution in [3.05, 3.63) is 23.5 Å². The van der Waals surface area contributed by atoms with E-state index in [2.05, 4.69) is 10.3 Å². The van der Waals surface area contributed by atoms with Crippen LogP contribution >= 0.6 is 0 Å². The molecular formula is C13H20N2O3S. The third-order valence-electron chi connectivity index (χ3n) is 3.28. The lowest BCUT2D eigenvalue weighted by Gasteiger charge is -2.10. The summed E-state index contributed by atoms with van der Waals surface area (Å²) in [6.07, 6.45) is 0.764. The van der Waals surface area contributed by atoms with E-state index < -0.39 is 9.84 Å². The van der Waals surface area contributed by atoms with Crippen LogP contribution in [0.2, 0.25) is 0 Å². The van der Waals surface area contributed by atoms with Gasteiger partial charge in [0.1, 0.15) is 5.75 Å². The average Bonchev–Trinajstić information content (AvgIpc) is 2.68. The number of hydrogen-bond acceptors (Lipinski definition) is 5. The summed E-state index contributed by atoms with van der Waals surface area (Å²) in [4.78, 5) is 4.41. The lowest BCUT2D eigenvalue weighted by atomic mass is 10.1. The minimum atomic E-state index is -2.78. The molecule has 1 N–H and O–H groups in total. The quantitative estimate of drug-likeness (QED) is 0.871. The Morgan fingerprint density at radius 3 is 2.89 bits per heavy atom. The first-order valence-electron chi connectivity index (χ1n) is 6.41. The van der Waals surface area contributed by atoms with Gasteiger partial charge in [-0.2, -0.15) is 0 Å². The fraction of sp³-hybridized carbons (Fsp3) is 0.615. The largest absolute Gasteiger partial charge is 0.497 e. The van der Waals surface area contributed by atoms with E-state index in [9.17, 15) is 8.42 Å². The van der Waals surface area contributed by atoms with Crippen LogP contribution in [0.1, 0.15) is 17.8 Å². The van der Waals surface area contributed by atoms with E-state index in [-0.39, 0.29) is 5.92 Å². The summed E-state index contributed by atoms with van der Waals surface area (Å²) in [5.74, 6) is 1.67. The molecule has 1 unspecified atom stereocenters. The number of sulfone groups is 1. The van der Waals surface area contributed by atoms with Crippen molar-refractivity contribution in [1.82, 2.24) is 10.3 Å². The average molecular weight is 284 g/mol. The molecule has 1 aromatic heterocycles. The van der Waals surface area contributed by atoms with Gasteiger partial charge in [-0.25, -0.2) is 8.42 Å². The van der Waals surface area contributed by atoms with E-state index >= 15 is 0 Å². The van der Waals surface area contributed by atoms with E-state index in [1.54, 1.807) is 7.11 Å². The van der Waals surface area contributed by atoms with E-state index in [4.69, 9.17) is 4.74 Å². The molecule has 1 aliphatic rings. The number of nitrogens with zero attached hydrogens (tertiary/aromatic N) is 1. The van der Waals surface area contributed by atoms with Gasteiger partial charge in [-0.3, -0.25) is 4.98 Å². The van der Waals surface area contributed by atoms with Crippen LogP contribution in [0.5, 0.6) is 5.75 Å². The second-order valence-corrected chi connectivity index (χ2v) is 7.27. The van der Waals surface area contributed by atoms with Crippen LogP contribution in [0.4, 0.5) is 0 Å². The summed E-state index contributed by atoms with van der Waals surface area (Å²) in [5.41, 5.74) is 1.83. The fourth-order valence-electron chi connectivity index (χ4n) is 2.35. The number of aromatic nitrogens is 1. The van der Waals surface area contributed by atoms with Gasteiger partial charge in [0.05, 0.1) is 24.3 Å². The van der Waals surface area contributed by atoms with Crippen LogP contribution in [-0.2, 0) is 16.4 Å². The maximum Gasteiger partial charge on any atom is 0.150 e. The molecule has 0 bridgehead atoms. The van der Waals surface area contributed by atoms with Gasteiger partial charge in [-0.05, 0) is 25.8 Å². The molecule has 2 rings (SSSR count).